The van der Waals surface area contributed by atoms with Crippen LogP contribution in [0.2, 0.25) is 0 Å². The van der Waals surface area contributed by atoms with Crippen molar-refractivity contribution in [2.24, 2.45) is 0 Å². The van der Waals surface area contributed by atoms with Gasteiger partial charge in [0.15, 0.2) is 0 Å². The average Bonchev–Trinajstić information content (AvgIpc) is 2.92. The van der Waals surface area contributed by atoms with Crippen LogP contribution in [-0.4, -0.2) is 42.4 Å². The largest absolute Gasteiger partial charge is 0.481 e. The summed E-state index contributed by atoms with van der Waals surface area (Å²) in [5.74, 6) is 0.614. The molecular formula is C13H21N3O2. The molecule has 0 saturated carbocycles. The summed E-state index contributed by atoms with van der Waals surface area (Å²) in [4.78, 5) is 8.32. The molecule has 1 aliphatic rings. The molecule has 0 aromatic carbocycles. The lowest BCUT2D eigenvalue weighted by atomic mass is 10.0. The molecule has 2 unspecified atom stereocenters. The lowest BCUT2D eigenvalue weighted by molar-refractivity contribution is 0.0786. The maximum Gasteiger partial charge on any atom is 0.216 e. The summed E-state index contributed by atoms with van der Waals surface area (Å²) in [6, 6.07) is 2.20. The highest BCUT2D eigenvalue weighted by molar-refractivity contribution is 5.14. The van der Waals surface area contributed by atoms with Gasteiger partial charge < -0.3 is 14.8 Å². The number of nitrogens with one attached hydrogen (secondary N) is 1. The standard InChI is InChI=1S/C13H21N3O2/c1-3-14-11(12-5-4-6-18-12)7-10-8-13(17-2)16-9-15-10/h8-9,11-12,14H,3-7H2,1-2H3. The summed E-state index contributed by atoms with van der Waals surface area (Å²) < 4.78 is 10.9. The van der Waals surface area contributed by atoms with E-state index in [-0.39, 0.29) is 0 Å². The number of likely N-dealkylation sites (N-methyl/N-ethyl adjacent to an activating group) is 1. The second-order valence-electron chi connectivity index (χ2n) is 4.47. The zero-order chi connectivity index (χ0) is 12.8. The van der Waals surface area contributed by atoms with E-state index in [1.54, 1.807) is 13.4 Å². The molecule has 2 rings (SSSR count). The Bertz CT molecular complexity index is 367. The molecule has 2 atom stereocenters. The van der Waals surface area contributed by atoms with Gasteiger partial charge in [-0.3, -0.25) is 0 Å². The predicted octanol–water partition coefficient (Wildman–Crippen LogP) is 1.18. The Morgan fingerprint density at radius 3 is 3.11 bits per heavy atom. The van der Waals surface area contributed by atoms with Crippen LogP contribution >= 0.6 is 0 Å². The Balaban J connectivity index is 2.02. The molecule has 1 aliphatic heterocycles. The van der Waals surface area contributed by atoms with E-state index in [9.17, 15) is 0 Å². The quantitative estimate of drug-likeness (QED) is 0.823. The van der Waals surface area contributed by atoms with E-state index in [0.717, 1.165) is 38.1 Å². The Labute approximate surface area is 108 Å². The highest BCUT2D eigenvalue weighted by Gasteiger charge is 2.25. The van der Waals surface area contributed by atoms with Gasteiger partial charge in [0.05, 0.1) is 13.2 Å². The molecule has 0 aliphatic carbocycles. The topological polar surface area (TPSA) is 56.3 Å². The first-order valence-electron chi connectivity index (χ1n) is 6.53. The van der Waals surface area contributed by atoms with Crippen LogP contribution in [0.15, 0.2) is 12.4 Å². The zero-order valence-corrected chi connectivity index (χ0v) is 11.1. The molecule has 0 radical (unpaired) electrons. The summed E-state index contributed by atoms with van der Waals surface area (Å²) in [7, 11) is 1.62. The van der Waals surface area contributed by atoms with Crippen LogP contribution in [0.3, 0.4) is 0 Å². The molecule has 18 heavy (non-hydrogen) atoms. The van der Waals surface area contributed by atoms with Gasteiger partial charge in [0, 0.05) is 30.8 Å². The third-order valence-corrected chi connectivity index (χ3v) is 3.22. The first-order valence-corrected chi connectivity index (χ1v) is 6.53. The predicted molar refractivity (Wildman–Crippen MR) is 68.7 cm³/mol. The fourth-order valence-corrected chi connectivity index (χ4v) is 2.34. The van der Waals surface area contributed by atoms with Crippen molar-refractivity contribution in [1.82, 2.24) is 15.3 Å². The number of ether oxygens (including phenoxy) is 2. The Morgan fingerprint density at radius 1 is 1.56 bits per heavy atom. The maximum atomic E-state index is 5.76. The van der Waals surface area contributed by atoms with Crippen molar-refractivity contribution in [2.75, 3.05) is 20.3 Å². The number of hydrogen-bond donors (Lipinski definition) is 1. The van der Waals surface area contributed by atoms with Gasteiger partial charge in [-0.25, -0.2) is 9.97 Å². The normalized spacial score (nSPS) is 20.9. The van der Waals surface area contributed by atoms with Crippen LogP contribution in [0.25, 0.3) is 0 Å². The van der Waals surface area contributed by atoms with Crippen molar-refractivity contribution in [3.8, 4) is 5.88 Å². The molecular weight excluding hydrogens is 230 g/mol. The lowest BCUT2D eigenvalue weighted by Crippen LogP contribution is -2.41. The summed E-state index contributed by atoms with van der Waals surface area (Å²) >= 11 is 0. The fraction of sp³-hybridized carbons (Fsp3) is 0.692. The van der Waals surface area contributed by atoms with E-state index < -0.39 is 0 Å². The molecule has 1 aromatic heterocycles. The number of methoxy groups -OCH3 is 1. The van der Waals surface area contributed by atoms with Crippen molar-refractivity contribution >= 4 is 0 Å². The third-order valence-electron chi connectivity index (χ3n) is 3.22. The van der Waals surface area contributed by atoms with Gasteiger partial charge in [0.1, 0.15) is 6.33 Å². The number of nitrogens with zero attached hydrogens (tertiary/aromatic N) is 2. The minimum Gasteiger partial charge on any atom is -0.481 e. The van der Waals surface area contributed by atoms with Crippen LogP contribution in [-0.2, 0) is 11.2 Å². The Morgan fingerprint density at radius 2 is 2.44 bits per heavy atom. The van der Waals surface area contributed by atoms with Gasteiger partial charge in [-0.1, -0.05) is 6.92 Å². The van der Waals surface area contributed by atoms with Crippen molar-refractivity contribution in [2.45, 2.75) is 38.3 Å². The van der Waals surface area contributed by atoms with Crippen molar-refractivity contribution in [1.29, 1.82) is 0 Å². The van der Waals surface area contributed by atoms with Gasteiger partial charge >= 0.3 is 0 Å². The van der Waals surface area contributed by atoms with Crippen molar-refractivity contribution in [3.05, 3.63) is 18.1 Å². The van der Waals surface area contributed by atoms with E-state index in [1.807, 2.05) is 6.07 Å². The SMILES string of the molecule is CCNC(Cc1cc(OC)ncn1)C1CCCO1. The van der Waals surface area contributed by atoms with E-state index in [1.165, 1.54) is 0 Å². The van der Waals surface area contributed by atoms with Gasteiger partial charge in [0.25, 0.3) is 0 Å². The van der Waals surface area contributed by atoms with Gasteiger partial charge in [-0.15, -0.1) is 0 Å². The van der Waals surface area contributed by atoms with Crippen molar-refractivity contribution < 1.29 is 9.47 Å². The molecule has 0 amide bonds. The number of rotatable bonds is 6. The minimum absolute atomic E-state index is 0.297. The first-order chi connectivity index (χ1) is 8.83. The third kappa shape index (κ3) is 3.40. The minimum atomic E-state index is 0.297. The van der Waals surface area contributed by atoms with Gasteiger partial charge in [0.2, 0.25) is 5.88 Å². The van der Waals surface area contributed by atoms with Crippen molar-refractivity contribution in [3.63, 3.8) is 0 Å². The van der Waals surface area contributed by atoms with Gasteiger partial charge in [-0.2, -0.15) is 0 Å². The highest BCUT2D eigenvalue weighted by atomic mass is 16.5. The molecule has 1 N–H and O–H groups in total. The zero-order valence-electron chi connectivity index (χ0n) is 11.1. The summed E-state index contributed by atoms with van der Waals surface area (Å²) in [6.45, 7) is 3.93. The summed E-state index contributed by atoms with van der Waals surface area (Å²) in [5, 5.41) is 3.48. The second-order valence-corrected chi connectivity index (χ2v) is 4.47. The molecule has 5 heteroatoms. The van der Waals surface area contributed by atoms with E-state index in [0.29, 0.717) is 18.0 Å². The molecule has 0 bridgehead atoms. The maximum absolute atomic E-state index is 5.76. The molecule has 5 nitrogen and oxygen atoms in total. The lowest BCUT2D eigenvalue weighted by Gasteiger charge is -2.23. The number of aromatic nitrogens is 2. The molecule has 0 spiro atoms. The van der Waals surface area contributed by atoms with Crippen LogP contribution in [0.5, 0.6) is 5.88 Å². The summed E-state index contributed by atoms with van der Waals surface area (Å²) in [6.07, 6.45) is 4.97. The van der Waals surface area contributed by atoms with Crippen LogP contribution in [0.4, 0.5) is 0 Å². The van der Waals surface area contributed by atoms with Crippen LogP contribution < -0.4 is 10.1 Å². The van der Waals surface area contributed by atoms with E-state index >= 15 is 0 Å². The monoisotopic (exact) mass is 251 g/mol. The molecule has 2 heterocycles. The van der Waals surface area contributed by atoms with Crippen LogP contribution in [0, 0.1) is 0 Å². The Hall–Kier alpha value is -1.20. The fourth-order valence-electron chi connectivity index (χ4n) is 2.34. The second kappa shape index (κ2) is 6.66. The molecule has 1 fully saturated rings. The molecule has 1 aromatic rings. The smallest absolute Gasteiger partial charge is 0.216 e. The van der Waals surface area contributed by atoms with Gasteiger partial charge in [-0.05, 0) is 19.4 Å². The van der Waals surface area contributed by atoms with Crippen LogP contribution in [0.1, 0.15) is 25.5 Å². The molecule has 100 valence electrons. The number of hydrogen-bond acceptors (Lipinski definition) is 5. The summed E-state index contributed by atoms with van der Waals surface area (Å²) in [5.41, 5.74) is 0.989. The van der Waals surface area contributed by atoms with E-state index in [4.69, 9.17) is 9.47 Å². The van der Waals surface area contributed by atoms with E-state index in [2.05, 4.69) is 22.2 Å². The Kier molecular flexibility index (Phi) is 4.90. The first kappa shape index (κ1) is 13.2. The highest BCUT2D eigenvalue weighted by Crippen LogP contribution is 2.19. The average molecular weight is 251 g/mol. The molecule has 1 saturated heterocycles.